The van der Waals surface area contributed by atoms with Gasteiger partial charge in [0, 0.05) is 25.4 Å². The minimum atomic E-state index is -0.356. The monoisotopic (exact) mass is 390 g/mol. The first-order valence-electron chi connectivity index (χ1n) is 8.68. The highest BCUT2D eigenvalue weighted by Crippen LogP contribution is 2.28. The first kappa shape index (κ1) is 17.5. The standard InChI is InChI=1S/C19H19ClN2O3S/c20-15-6-9-26-17(15)19(24)22-7-5-12-3-4-14(10-13(12)11-22)21-18(23)16-2-1-8-25-16/h3-4,6,9-10,16H,1-2,5,7-8,11H2,(H,21,23). The lowest BCUT2D eigenvalue weighted by molar-refractivity contribution is -0.124. The third kappa shape index (κ3) is 3.49. The Balaban J connectivity index is 1.48. The summed E-state index contributed by atoms with van der Waals surface area (Å²) in [6, 6.07) is 7.65. The van der Waals surface area contributed by atoms with Crippen molar-refractivity contribution in [1.29, 1.82) is 0 Å². The van der Waals surface area contributed by atoms with Gasteiger partial charge in [0.2, 0.25) is 0 Å². The van der Waals surface area contributed by atoms with Crippen LogP contribution in [0.2, 0.25) is 5.02 Å². The fourth-order valence-electron chi connectivity index (χ4n) is 3.41. The van der Waals surface area contributed by atoms with Crippen LogP contribution in [-0.4, -0.2) is 36.0 Å². The Bertz CT molecular complexity index is 845. The maximum absolute atomic E-state index is 12.7. The highest BCUT2D eigenvalue weighted by atomic mass is 35.5. The van der Waals surface area contributed by atoms with Gasteiger partial charge in [0.05, 0.1) is 5.02 Å². The average Bonchev–Trinajstić information content (AvgIpc) is 3.32. The van der Waals surface area contributed by atoms with Crippen molar-refractivity contribution >= 4 is 40.4 Å². The summed E-state index contributed by atoms with van der Waals surface area (Å²) in [7, 11) is 0. The van der Waals surface area contributed by atoms with E-state index in [9.17, 15) is 9.59 Å². The lowest BCUT2D eigenvalue weighted by atomic mass is 9.98. The third-order valence-electron chi connectivity index (χ3n) is 4.81. The molecule has 1 aromatic carbocycles. The van der Waals surface area contributed by atoms with E-state index in [2.05, 4.69) is 5.32 Å². The summed E-state index contributed by atoms with van der Waals surface area (Å²) in [5.74, 6) is -0.138. The van der Waals surface area contributed by atoms with Crippen molar-refractivity contribution in [3.63, 3.8) is 0 Å². The van der Waals surface area contributed by atoms with Gasteiger partial charge < -0.3 is 15.0 Å². The number of carbonyl (C=O) groups is 2. The van der Waals surface area contributed by atoms with Gasteiger partial charge in [-0.05, 0) is 54.0 Å². The molecule has 1 atom stereocenters. The van der Waals surface area contributed by atoms with Crippen molar-refractivity contribution in [2.24, 2.45) is 0 Å². The molecule has 1 aromatic heterocycles. The summed E-state index contributed by atoms with van der Waals surface area (Å²) in [6.07, 6.45) is 2.13. The summed E-state index contributed by atoms with van der Waals surface area (Å²) in [5.41, 5.74) is 3.01. The normalized spacial score (nSPS) is 19.3. The average molecular weight is 391 g/mol. The van der Waals surface area contributed by atoms with Crippen LogP contribution >= 0.6 is 22.9 Å². The van der Waals surface area contributed by atoms with E-state index in [-0.39, 0.29) is 17.9 Å². The Morgan fingerprint density at radius 1 is 1.27 bits per heavy atom. The number of hydrogen-bond acceptors (Lipinski definition) is 4. The zero-order valence-corrected chi connectivity index (χ0v) is 15.7. The van der Waals surface area contributed by atoms with E-state index in [0.717, 1.165) is 30.5 Å². The molecular formula is C19H19ClN2O3S. The van der Waals surface area contributed by atoms with Gasteiger partial charge in [-0.1, -0.05) is 17.7 Å². The molecule has 1 saturated heterocycles. The molecule has 0 aliphatic carbocycles. The predicted molar refractivity (Wildman–Crippen MR) is 102 cm³/mol. The second-order valence-corrected chi connectivity index (χ2v) is 7.87. The van der Waals surface area contributed by atoms with E-state index in [1.807, 2.05) is 28.5 Å². The number of benzene rings is 1. The molecule has 7 heteroatoms. The summed E-state index contributed by atoms with van der Waals surface area (Å²) in [5, 5.41) is 5.26. The Morgan fingerprint density at radius 2 is 2.15 bits per heavy atom. The minimum Gasteiger partial charge on any atom is -0.368 e. The van der Waals surface area contributed by atoms with Crippen molar-refractivity contribution in [3.05, 3.63) is 50.7 Å². The van der Waals surface area contributed by atoms with Crippen LogP contribution in [0.3, 0.4) is 0 Å². The van der Waals surface area contributed by atoms with Gasteiger partial charge in [-0.2, -0.15) is 0 Å². The molecular weight excluding hydrogens is 372 g/mol. The Kier molecular flexibility index (Phi) is 4.98. The third-order valence-corrected chi connectivity index (χ3v) is 6.14. The molecule has 1 fully saturated rings. The van der Waals surface area contributed by atoms with Crippen LogP contribution in [0.4, 0.5) is 5.69 Å². The Labute approximate surface area is 160 Å². The lowest BCUT2D eigenvalue weighted by Gasteiger charge is -2.29. The van der Waals surface area contributed by atoms with Crippen LogP contribution in [0.25, 0.3) is 0 Å². The van der Waals surface area contributed by atoms with Crippen molar-refractivity contribution < 1.29 is 14.3 Å². The van der Waals surface area contributed by atoms with Crippen molar-refractivity contribution in [1.82, 2.24) is 4.90 Å². The molecule has 4 rings (SSSR count). The Morgan fingerprint density at radius 3 is 2.88 bits per heavy atom. The summed E-state index contributed by atoms with van der Waals surface area (Å²) >= 11 is 7.47. The van der Waals surface area contributed by atoms with Crippen LogP contribution < -0.4 is 5.32 Å². The first-order chi connectivity index (χ1) is 12.6. The molecule has 2 aliphatic heterocycles. The highest BCUT2D eigenvalue weighted by molar-refractivity contribution is 7.12. The van der Waals surface area contributed by atoms with E-state index in [1.165, 1.54) is 16.9 Å². The molecule has 3 heterocycles. The van der Waals surface area contributed by atoms with Crippen LogP contribution in [0, 0.1) is 0 Å². The van der Waals surface area contributed by atoms with Crippen molar-refractivity contribution in [2.75, 3.05) is 18.5 Å². The van der Waals surface area contributed by atoms with Crippen molar-refractivity contribution in [3.8, 4) is 0 Å². The molecule has 0 radical (unpaired) electrons. The van der Waals surface area contributed by atoms with Gasteiger partial charge in [0.1, 0.15) is 11.0 Å². The van der Waals surface area contributed by atoms with Gasteiger partial charge in [-0.3, -0.25) is 9.59 Å². The number of carbonyl (C=O) groups excluding carboxylic acids is 2. The fraction of sp³-hybridized carbons (Fsp3) is 0.368. The Hall–Kier alpha value is -1.89. The quantitative estimate of drug-likeness (QED) is 0.868. The number of fused-ring (bicyclic) bond motifs is 1. The number of nitrogens with zero attached hydrogens (tertiary/aromatic N) is 1. The van der Waals surface area contributed by atoms with Gasteiger partial charge >= 0.3 is 0 Å². The topological polar surface area (TPSA) is 58.6 Å². The fourth-order valence-corrected chi connectivity index (χ4v) is 4.51. The molecule has 2 amide bonds. The molecule has 2 aliphatic rings. The number of ether oxygens (including phenoxy) is 1. The SMILES string of the molecule is O=C(Nc1ccc2c(c1)CN(C(=O)c1sccc1Cl)CC2)C1CCCO1. The van der Waals surface area contributed by atoms with Gasteiger partial charge in [0.15, 0.2) is 0 Å². The van der Waals surface area contributed by atoms with Gasteiger partial charge in [-0.15, -0.1) is 11.3 Å². The predicted octanol–water partition coefficient (Wildman–Crippen LogP) is 3.72. The minimum absolute atomic E-state index is 0.0376. The molecule has 0 spiro atoms. The van der Waals surface area contributed by atoms with E-state index in [4.69, 9.17) is 16.3 Å². The number of thiophene rings is 1. The number of nitrogens with one attached hydrogen (secondary N) is 1. The zero-order chi connectivity index (χ0) is 18.1. The first-order valence-corrected chi connectivity index (χ1v) is 9.94. The lowest BCUT2D eigenvalue weighted by Crippen LogP contribution is -2.35. The molecule has 1 unspecified atom stereocenters. The van der Waals surface area contributed by atoms with E-state index in [1.54, 1.807) is 6.07 Å². The summed E-state index contributed by atoms with van der Waals surface area (Å²) < 4.78 is 5.42. The largest absolute Gasteiger partial charge is 0.368 e. The van der Waals surface area contributed by atoms with Gasteiger partial charge in [0.25, 0.3) is 11.8 Å². The number of halogens is 1. The maximum atomic E-state index is 12.7. The molecule has 26 heavy (non-hydrogen) atoms. The molecule has 5 nitrogen and oxygen atoms in total. The van der Waals surface area contributed by atoms with E-state index >= 15 is 0 Å². The van der Waals surface area contributed by atoms with Crippen LogP contribution in [0.1, 0.15) is 33.6 Å². The zero-order valence-electron chi connectivity index (χ0n) is 14.2. The van der Waals surface area contributed by atoms with E-state index < -0.39 is 0 Å². The molecule has 0 bridgehead atoms. The van der Waals surface area contributed by atoms with Crippen LogP contribution in [-0.2, 0) is 22.5 Å². The van der Waals surface area contributed by atoms with Crippen molar-refractivity contribution in [2.45, 2.75) is 31.9 Å². The number of amides is 2. The van der Waals surface area contributed by atoms with Crippen LogP contribution in [0.5, 0.6) is 0 Å². The van der Waals surface area contributed by atoms with E-state index in [0.29, 0.717) is 29.6 Å². The number of rotatable bonds is 3. The molecule has 0 saturated carbocycles. The molecule has 136 valence electrons. The van der Waals surface area contributed by atoms with Crippen LogP contribution in [0.15, 0.2) is 29.6 Å². The highest BCUT2D eigenvalue weighted by Gasteiger charge is 2.26. The molecule has 2 aromatic rings. The second-order valence-electron chi connectivity index (χ2n) is 6.55. The molecule has 1 N–H and O–H groups in total. The number of anilines is 1. The summed E-state index contributed by atoms with van der Waals surface area (Å²) in [4.78, 5) is 27.3. The maximum Gasteiger partial charge on any atom is 0.265 e. The summed E-state index contributed by atoms with van der Waals surface area (Å²) in [6.45, 7) is 1.83. The van der Waals surface area contributed by atoms with Gasteiger partial charge in [-0.25, -0.2) is 0 Å². The second kappa shape index (κ2) is 7.39. The smallest absolute Gasteiger partial charge is 0.265 e. The number of hydrogen-bond donors (Lipinski definition) is 1.